The van der Waals surface area contributed by atoms with E-state index in [1.807, 2.05) is 13.8 Å². The Labute approximate surface area is 80.3 Å². The molecule has 0 bridgehead atoms. The van der Waals surface area contributed by atoms with Crippen LogP contribution < -0.4 is 0 Å². The molecule has 0 heterocycles. The molecule has 2 heteroatoms. The Bertz CT molecular complexity index is 216. The second-order valence-electron chi connectivity index (χ2n) is 3.22. The lowest BCUT2D eigenvalue weighted by Crippen LogP contribution is -2.29. The number of rotatable bonds is 5. The SMILES string of the molecule is CC#CCCC(CC)(CC)C(=O)O. The minimum Gasteiger partial charge on any atom is -0.481 e. The van der Waals surface area contributed by atoms with E-state index in [0.717, 1.165) is 0 Å². The van der Waals surface area contributed by atoms with Crippen LogP contribution in [0.2, 0.25) is 0 Å². The van der Waals surface area contributed by atoms with Crippen LogP contribution in [0, 0.1) is 17.3 Å². The number of carbonyl (C=O) groups is 1. The molecule has 0 saturated carbocycles. The minimum absolute atomic E-state index is 0.552. The maximum atomic E-state index is 11.0. The highest BCUT2D eigenvalue weighted by molar-refractivity contribution is 5.74. The molecule has 0 aromatic rings. The van der Waals surface area contributed by atoms with E-state index >= 15 is 0 Å². The first-order chi connectivity index (χ1) is 6.13. The summed E-state index contributed by atoms with van der Waals surface area (Å²) < 4.78 is 0. The van der Waals surface area contributed by atoms with Crippen LogP contribution in [0.25, 0.3) is 0 Å². The molecule has 13 heavy (non-hydrogen) atoms. The van der Waals surface area contributed by atoms with E-state index in [4.69, 9.17) is 5.11 Å². The van der Waals surface area contributed by atoms with Crippen LogP contribution >= 0.6 is 0 Å². The van der Waals surface area contributed by atoms with Gasteiger partial charge in [-0.2, -0.15) is 0 Å². The molecule has 74 valence electrons. The molecule has 0 saturated heterocycles. The molecule has 0 radical (unpaired) electrons. The quantitative estimate of drug-likeness (QED) is 0.664. The molecule has 1 N–H and O–H groups in total. The molecule has 0 rings (SSSR count). The molecule has 0 aliphatic carbocycles. The van der Waals surface area contributed by atoms with Gasteiger partial charge in [0.15, 0.2) is 0 Å². The Morgan fingerprint density at radius 2 is 1.92 bits per heavy atom. The third kappa shape index (κ3) is 3.10. The maximum absolute atomic E-state index is 11.0. The van der Waals surface area contributed by atoms with E-state index in [0.29, 0.717) is 25.7 Å². The van der Waals surface area contributed by atoms with Gasteiger partial charge in [-0.25, -0.2) is 0 Å². The molecule has 0 fully saturated rings. The highest BCUT2D eigenvalue weighted by Gasteiger charge is 2.33. The first-order valence-corrected chi connectivity index (χ1v) is 4.76. The summed E-state index contributed by atoms with van der Waals surface area (Å²) in [7, 11) is 0. The zero-order valence-electron chi connectivity index (χ0n) is 8.68. The van der Waals surface area contributed by atoms with Crippen LogP contribution in [0.5, 0.6) is 0 Å². The van der Waals surface area contributed by atoms with Crippen molar-refractivity contribution in [3.8, 4) is 11.8 Å². The molecular formula is C11H18O2. The lowest BCUT2D eigenvalue weighted by molar-refractivity contribution is -0.149. The lowest BCUT2D eigenvalue weighted by atomic mass is 9.78. The van der Waals surface area contributed by atoms with Crippen LogP contribution in [0.15, 0.2) is 0 Å². The average molecular weight is 182 g/mol. The van der Waals surface area contributed by atoms with Gasteiger partial charge in [0.2, 0.25) is 0 Å². The van der Waals surface area contributed by atoms with Crippen molar-refractivity contribution in [1.82, 2.24) is 0 Å². The first kappa shape index (κ1) is 12.0. The summed E-state index contributed by atoms with van der Waals surface area (Å²) in [4.78, 5) is 11.0. The zero-order valence-corrected chi connectivity index (χ0v) is 8.68. The number of carboxylic acid groups (broad SMARTS) is 1. The van der Waals surface area contributed by atoms with E-state index in [-0.39, 0.29) is 0 Å². The van der Waals surface area contributed by atoms with Crippen molar-refractivity contribution in [2.75, 3.05) is 0 Å². The van der Waals surface area contributed by atoms with Crippen LogP contribution in [0.4, 0.5) is 0 Å². The molecule has 0 spiro atoms. The highest BCUT2D eigenvalue weighted by Crippen LogP contribution is 2.31. The van der Waals surface area contributed by atoms with Crippen LogP contribution in [0.1, 0.15) is 46.5 Å². The lowest BCUT2D eigenvalue weighted by Gasteiger charge is -2.25. The summed E-state index contributed by atoms with van der Waals surface area (Å²) in [6.45, 7) is 5.63. The average Bonchev–Trinajstić information content (AvgIpc) is 2.13. The van der Waals surface area contributed by atoms with E-state index in [2.05, 4.69) is 11.8 Å². The molecule has 0 aliphatic heterocycles. The molecule has 2 nitrogen and oxygen atoms in total. The smallest absolute Gasteiger partial charge is 0.309 e. The normalized spacial score (nSPS) is 10.4. The number of hydrogen-bond donors (Lipinski definition) is 1. The monoisotopic (exact) mass is 182 g/mol. The van der Waals surface area contributed by atoms with Crippen molar-refractivity contribution in [2.24, 2.45) is 5.41 Å². The molecule has 0 amide bonds. The largest absolute Gasteiger partial charge is 0.481 e. The third-order valence-corrected chi connectivity index (χ3v) is 2.71. The summed E-state index contributed by atoms with van der Waals surface area (Å²) in [5.41, 5.74) is -0.552. The summed E-state index contributed by atoms with van der Waals surface area (Å²) in [5.74, 6) is 5.01. The number of carboxylic acids is 1. The Morgan fingerprint density at radius 3 is 2.23 bits per heavy atom. The topological polar surface area (TPSA) is 37.3 Å². The molecule has 0 aromatic heterocycles. The molecule has 0 atom stereocenters. The summed E-state index contributed by atoms with van der Waals surface area (Å²) in [5, 5.41) is 9.07. The fourth-order valence-corrected chi connectivity index (χ4v) is 1.44. The fourth-order valence-electron chi connectivity index (χ4n) is 1.44. The van der Waals surface area contributed by atoms with Crippen molar-refractivity contribution in [1.29, 1.82) is 0 Å². The Kier molecular flexibility index (Phi) is 5.22. The summed E-state index contributed by atoms with van der Waals surface area (Å²) in [6.07, 6.45) is 2.72. The van der Waals surface area contributed by atoms with Gasteiger partial charge < -0.3 is 5.11 Å². The number of aliphatic carboxylic acids is 1. The van der Waals surface area contributed by atoms with Crippen LogP contribution in [-0.2, 0) is 4.79 Å². The Balaban J connectivity index is 4.36. The molecule has 0 aliphatic rings. The van der Waals surface area contributed by atoms with Gasteiger partial charge in [0.25, 0.3) is 0 Å². The Hall–Kier alpha value is -0.970. The van der Waals surface area contributed by atoms with Crippen LogP contribution in [0.3, 0.4) is 0 Å². The van der Waals surface area contributed by atoms with E-state index in [1.165, 1.54) is 0 Å². The summed E-state index contributed by atoms with van der Waals surface area (Å²) in [6, 6.07) is 0. The predicted octanol–water partition coefficient (Wildman–Crippen LogP) is 2.68. The minimum atomic E-state index is -0.685. The second kappa shape index (κ2) is 5.64. The van der Waals surface area contributed by atoms with E-state index in [1.54, 1.807) is 6.92 Å². The molecule has 0 aromatic carbocycles. The first-order valence-electron chi connectivity index (χ1n) is 4.76. The second-order valence-corrected chi connectivity index (χ2v) is 3.22. The van der Waals surface area contributed by atoms with Crippen molar-refractivity contribution in [2.45, 2.75) is 46.5 Å². The van der Waals surface area contributed by atoms with Crippen molar-refractivity contribution < 1.29 is 9.90 Å². The third-order valence-electron chi connectivity index (χ3n) is 2.71. The fraction of sp³-hybridized carbons (Fsp3) is 0.727. The zero-order chi connectivity index (χ0) is 10.3. The van der Waals surface area contributed by atoms with Gasteiger partial charge in [-0.15, -0.1) is 11.8 Å². The van der Waals surface area contributed by atoms with Gasteiger partial charge in [0.1, 0.15) is 0 Å². The predicted molar refractivity (Wildman–Crippen MR) is 53.3 cm³/mol. The van der Waals surface area contributed by atoms with E-state index < -0.39 is 11.4 Å². The van der Waals surface area contributed by atoms with Crippen LogP contribution in [-0.4, -0.2) is 11.1 Å². The van der Waals surface area contributed by atoms with Gasteiger partial charge in [-0.3, -0.25) is 4.79 Å². The maximum Gasteiger partial charge on any atom is 0.309 e. The molecular weight excluding hydrogens is 164 g/mol. The highest BCUT2D eigenvalue weighted by atomic mass is 16.4. The summed E-state index contributed by atoms with van der Waals surface area (Å²) >= 11 is 0. The van der Waals surface area contributed by atoms with Crippen molar-refractivity contribution in [3.05, 3.63) is 0 Å². The number of hydrogen-bond acceptors (Lipinski definition) is 1. The van der Waals surface area contributed by atoms with Crippen molar-refractivity contribution >= 4 is 5.97 Å². The van der Waals surface area contributed by atoms with Crippen molar-refractivity contribution in [3.63, 3.8) is 0 Å². The van der Waals surface area contributed by atoms with E-state index in [9.17, 15) is 4.79 Å². The van der Waals surface area contributed by atoms with Gasteiger partial charge in [0.05, 0.1) is 5.41 Å². The van der Waals surface area contributed by atoms with Gasteiger partial charge >= 0.3 is 5.97 Å². The Morgan fingerprint density at radius 1 is 1.38 bits per heavy atom. The van der Waals surface area contributed by atoms with Gasteiger partial charge in [0, 0.05) is 6.42 Å². The standard InChI is InChI=1S/C11H18O2/c1-4-7-8-9-11(5-2,6-3)10(12)13/h5-6,8-9H2,1-3H3,(H,12,13). The molecule has 0 unspecified atom stereocenters. The van der Waals surface area contributed by atoms with Gasteiger partial charge in [-0.1, -0.05) is 13.8 Å². The van der Waals surface area contributed by atoms with Gasteiger partial charge in [-0.05, 0) is 26.2 Å².